The third kappa shape index (κ3) is 4.02. The van der Waals surface area contributed by atoms with Crippen molar-refractivity contribution in [2.75, 3.05) is 0 Å². The first kappa shape index (κ1) is 14.9. The van der Waals surface area contributed by atoms with E-state index in [2.05, 4.69) is 27.3 Å². The van der Waals surface area contributed by atoms with Crippen LogP contribution in [0.2, 0.25) is 5.02 Å². The van der Waals surface area contributed by atoms with Crippen LogP contribution in [-0.2, 0) is 13.2 Å². The maximum Gasteiger partial charge on any atom is 0.139 e. The summed E-state index contributed by atoms with van der Waals surface area (Å²) in [5, 5.41) is 4.05. The van der Waals surface area contributed by atoms with E-state index in [1.165, 1.54) is 12.8 Å². The van der Waals surface area contributed by atoms with E-state index in [0.29, 0.717) is 23.4 Å². The van der Waals surface area contributed by atoms with Crippen molar-refractivity contribution in [3.63, 3.8) is 0 Å². The molecule has 0 amide bonds. The molecule has 0 radical (unpaired) electrons. The molecule has 112 valence electrons. The fourth-order valence-corrected chi connectivity index (χ4v) is 2.61. The number of furan rings is 1. The smallest absolute Gasteiger partial charge is 0.139 e. The highest BCUT2D eigenvalue weighted by atomic mass is 79.9. The van der Waals surface area contributed by atoms with E-state index in [1.54, 1.807) is 0 Å². The predicted octanol–water partition coefficient (Wildman–Crippen LogP) is 4.83. The number of benzene rings is 1. The van der Waals surface area contributed by atoms with E-state index in [1.807, 2.05) is 25.1 Å². The minimum Gasteiger partial charge on any atom is -0.487 e. The average Bonchev–Trinajstić information content (AvgIpc) is 3.22. The summed E-state index contributed by atoms with van der Waals surface area (Å²) in [5.41, 5.74) is 1.05. The number of nitrogens with one attached hydrogen (secondary N) is 1. The van der Waals surface area contributed by atoms with Gasteiger partial charge in [0.15, 0.2) is 0 Å². The van der Waals surface area contributed by atoms with Gasteiger partial charge in [-0.1, -0.05) is 27.5 Å². The average molecular weight is 371 g/mol. The molecule has 3 rings (SSSR count). The molecule has 1 N–H and O–H groups in total. The topological polar surface area (TPSA) is 34.4 Å². The molecule has 1 aliphatic carbocycles. The van der Waals surface area contributed by atoms with Gasteiger partial charge in [0.05, 0.1) is 11.6 Å². The van der Waals surface area contributed by atoms with Crippen LogP contribution >= 0.6 is 27.5 Å². The fourth-order valence-electron chi connectivity index (χ4n) is 2.09. The summed E-state index contributed by atoms with van der Waals surface area (Å²) in [6.45, 7) is 3.19. The van der Waals surface area contributed by atoms with E-state index in [-0.39, 0.29) is 0 Å². The summed E-state index contributed by atoms with van der Waals surface area (Å²) in [7, 11) is 0. The molecular weight excluding hydrogens is 354 g/mol. The minimum atomic E-state index is 0.453. The first-order chi connectivity index (χ1) is 10.1. The minimum absolute atomic E-state index is 0.453. The van der Waals surface area contributed by atoms with Crippen molar-refractivity contribution in [3.8, 4) is 5.75 Å². The van der Waals surface area contributed by atoms with Crippen molar-refractivity contribution in [1.29, 1.82) is 0 Å². The van der Waals surface area contributed by atoms with Crippen LogP contribution in [0, 0.1) is 6.92 Å². The maximum absolute atomic E-state index is 6.12. The zero-order valence-corrected chi connectivity index (χ0v) is 14.1. The van der Waals surface area contributed by atoms with Crippen LogP contribution in [0.1, 0.15) is 29.9 Å². The van der Waals surface area contributed by atoms with Crippen LogP contribution in [0.5, 0.6) is 5.75 Å². The molecule has 1 fully saturated rings. The maximum atomic E-state index is 6.12. The van der Waals surface area contributed by atoms with Gasteiger partial charge >= 0.3 is 0 Å². The van der Waals surface area contributed by atoms with Gasteiger partial charge < -0.3 is 14.5 Å². The second-order valence-corrected chi connectivity index (χ2v) is 6.64. The highest BCUT2D eigenvalue weighted by Gasteiger charge is 2.21. The highest BCUT2D eigenvalue weighted by molar-refractivity contribution is 9.10. The zero-order valence-electron chi connectivity index (χ0n) is 11.8. The van der Waals surface area contributed by atoms with E-state index in [4.69, 9.17) is 20.8 Å². The summed E-state index contributed by atoms with van der Waals surface area (Å²) < 4.78 is 12.5. The number of hydrogen-bond acceptors (Lipinski definition) is 3. The number of hydrogen-bond donors (Lipinski definition) is 1. The SMILES string of the molecule is Cc1oc(CNC2CC2)cc1COc1cc(Br)ccc1Cl. The van der Waals surface area contributed by atoms with Crippen molar-refractivity contribution in [1.82, 2.24) is 5.32 Å². The van der Waals surface area contributed by atoms with Gasteiger partial charge in [-0.25, -0.2) is 0 Å². The molecule has 21 heavy (non-hydrogen) atoms. The molecule has 0 spiro atoms. The molecule has 1 aliphatic rings. The number of ether oxygens (including phenoxy) is 1. The van der Waals surface area contributed by atoms with Gasteiger partial charge in [-0.15, -0.1) is 0 Å². The lowest BCUT2D eigenvalue weighted by molar-refractivity contribution is 0.303. The number of aryl methyl sites for hydroxylation is 1. The lowest BCUT2D eigenvalue weighted by atomic mass is 10.2. The lowest BCUT2D eigenvalue weighted by Gasteiger charge is -2.07. The first-order valence-corrected chi connectivity index (χ1v) is 8.18. The third-order valence-corrected chi connectivity index (χ3v) is 4.30. The molecule has 1 aromatic carbocycles. The summed E-state index contributed by atoms with van der Waals surface area (Å²) in [4.78, 5) is 0. The summed E-state index contributed by atoms with van der Waals surface area (Å²) in [5.74, 6) is 2.52. The Morgan fingerprint density at radius 3 is 2.95 bits per heavy atom. The van der Waals surface area contributed by atoms with Crippen LogP contribution in [-0.4, -0.2) is 6.04 Å². The van der Waals surface area contributed by atoms with Crippen molar-refractivity contribution < 1.29 is 9.15 Å². The molecule has 0 saturated heterocycles. The van der Waals surface area contributed by atoms with Crippen molar-refractivity contribution >= 4 is 27.5 Å². The van der Waals surface area contributed by atoms with E-state index < -0.39 is 0 Å². The Morgan fingerprint density at radius 1 is 1.38 bits per heavy atom. The number of rotatable bonds is 6. The molecule has 3 nitrogen and oxygen atoms in total. The summed E-state index contributed by atoms with van der Waals surface area (Å²) >= 11 is 9.54. The molecule has 5 heteroatoms. The molecule has 0 aliphatic heterocycles. The molecule has 1 aromatic heterocycles. The van der Waals surface area contributed by atoms with Crippen molar-refractivity contribution in [2.24, 2.45) is 0 Å². The van der Waals surface area contributed by atoms with E-state index in [9.17, 15) is 0 Å². The van der Waals surface area contributed by atoms with E-state index >= 15 is 0 Å². The number of halogens is 2. The standard InChI is InChI=1S/C16H17BrClNO2/c1-10-11(6-14(21-10)8-19-13-3-4-13)9-20-16-7-12(17)2-5-15(16)18/h2,5-7,13,19H,3-4,8-9H2,1H3. The largest absolute Gasteiger partial charge is 0.487 e. The normalized spacial score (nSPS) is 14.4. The van der Waals surface area contributed by atoms with Gasteiger partial charge in [-0.2, -0.15) is 0 Å². The zero-order chi connectivity index (χ0) is 14.8. The van der Waals surface area contributed by atoms with Crippen LogP contribution in [0.3, 0.4) is 0 Å². The van der Waals surface area contributed by atoms with Crippen molar-refractivity contribution in [3.05, 3.63) is 50.8 Å². The first-order valence-electron chi connectivity index (χ1n) is 7.01. The van der Waals surface area contributed by atoms with Crippen LogP contribution < -0.4 is 10.1 Å². The second-order valence-electron chi connectivity index (χ2n) is 5.31. The molecule has 1 saturated carbocycles. The van der Waals surface area contributed by atoms with Gasteiger partial charge in [0, 0.05) is 16.1 Å². The van der Waals surface area contributed by atoms with Crippen LogP contribution in [0.15, 0.2) is 33.2 Å². The highest BCUT2D eigenvalue weighted by Crippen LogP contribution is 2.29. The molecule has 0 unspecified atom stereocenters. The van der Waals surface area contributed by atoms with Crippen LogP contribution in [0.4, 0.5) is 0 Å². The summed E-state index contributed by atoms with van der Waals surface area (Å²) in [6.07, 6.45) is 2.55. The van der Waals surface area contributed by atoms with Gasteiger partial charge in [0.25, 0.3) is 0 Å². The Balaban J connectivity index is 1.62. The Hall–Kier alpha value is -0.970. The van der Waals surface area contributed by atoms with Gasteiger partial charge in [0.1, 0.15) is 23.9 Å². The molecular formula is C16H17BrClNO2. The molecule has 2 aromatic rings. The molecule has 0 bridgehead atoms. The third-order valence-electron chi connectivity index (χ3n) is 3.49. The Morgan fingerprint density at radius 2 is 2.19 bits per heavy atom. The second kappa shape index (κ2) is 6.42. The monoisotopic (exact) mass is 369 g/mol. The van der Waals surface area contributed by atoms with Gasteiger partial charge in [-0.3, -0.25) is 0 Å². The van der Waals surface area contributed by atoms with Crippen LogP contribution in [0.25, 0.3) is 0 Å². The van der Waals surface area contributed by atoms with Crippen molar-refractivity contribution in [2.45, 2.75) is 39.0 Å². The predicted molar refractivity (Wildman–Crippen MR) is 86.8 cm³/mol. The molecule has 1 heterocycles. The Labute approximate surface area is 137 Å². The Bertz CT molecular complexity index is 637. The van der Waals surface area contributed by atoms with Gasteiger partial charge in [-0.05, 0) is 44.0 Å². The van der Waals surface area contributed by atoms with E-state index in [0.717, 1.165) is 28.1 Å². The molecule has 0 atom stereocenters. The Kier molecular flexibility index (Phi) is 4.57. The summed E-state index contributed by atoms with van der Waals surface area (Å²) in [6, 6.07) is 8.30. The lowest BCUT2D eigenvalue weighted by Crippen LogP contribution is -2.14. The fraction of sp³-hybridized carbons (Fsp3) is 0.375. The quantitative estimate of drug-likeness (QED) is 0.790. The van der Waals surface area contributed by atoms with Gasteiger partial charge in [0.2, 0.25) is 0 Å².